The molecule has 0 fully saturated rings. The Hall–Kier alpha value is -1.86. The molecule has 0 amide bonds. The SMILES string of the molecule is CCNC(=NCc1cccc(S(=O)(=O)NC)c1)NC1CC=CC1. The molecule has 7 heteroatoms. The first kappa shape index (κ1) is 17.5. The van der Waals surface area contributed by atoms with E-state index in [1.807, 2.05) is 13.0 Å². The maximum Gasteiger partial charge on any atom is 0.240 e. The molecular weight excluding hydrogens is 312 g/mol. The molecular formula is C16H24N4O2S. The van der Waals surface area contributed by atoms with E-state index in [9.17, 15) is 8.42 Å². The smallest absolute Gasteiger partial charge is 0.240 e. The van der Waals surface area contributed by atoms with Gasteiger partial charge in [-0.25, -0.2) is 18.1 Å². The number of sulfonamides is 1. The predicted octanol–water partition coefficient (Wildman–Crippen LogP) is 1.37. The van der Waals surface area contributed by atoms with Crippen LogP contribution in [0.5, 0.6) is 0 Å². The Labute approximate surface area is 138 Å². The lowest BCUT2D eigenvalue weighted by Crippen LogP contribution is -2.42. The molecule has 0 bridgehead atoms. The summed E-state index contributed by atoms with van der Waals surface area (Å²) in [4.78, 5) is 4.80. The van der Waals surface area contributed by atoms with E-state index in [0.717, 1.165) is 30.9 Å². The van der Waals surface area contributed by atoms with Crippen molar-refractivity contribution in [1.82, 2.24) is 15.4 Å². The molecule has 1 aromatic rings. The van der Waals surface area contributed by atoms with Crippen LogP contribution in [0.4, 0.5) is 0 Å². The van der Waals surface area contributed by atoms with E-state index >= 15 is 0 Å². The molecule has 6 nitrogen and oxygen atoms in total. The Morgan fingerprint density at radius 2 is 2.04 bits per heavy atom. The average Bonchev–Trinajstić information content (AvgIpc) is 3.06. The lowest BCUT2D eigenvalue weighted by atomic mass is 10.2. The molecule has 0 unspecified atom stereocenters. The minimum Gasteiger partial charge on any atom is -0.357 e. The minimum absolute atomic E-state index is 0.255. The van der Waals surface area contributed by atoms with Crippen LogP contribution in [0.25, 0.3) is 0 Å². The van der Waals surface area contributed by atoms with Crippen LogP contribution in [0.3, 0.4) is 0 Å². The van der Waals surface area contributed by atoms with Gasteiger partial charge in [0.15, 0.2) is 5.96 Å². The van der Waals surface area contributed by atoms with Crippen molar-refractivity contribution in [3.05, 3.63) is 42.0 Å². The fourth-order valence-electron chi connectivity index (χ4n) is 2.35. The third-order valence-corrected chi connectivity index (χ3v) is 5.00. The summed E-state index contributed by atoms with van der Waals surface area (Å²) in [6.07, 6.45) is 6.32. The van der Waals surface area contributed by atoms with Gasteiger partial charge in [-0.3, -0.25) is 0 Å². The molecule has 0 atom stereocenters. The fourth-order valence-corrected chi connectivity index (χ4v) is 3.15. The lowest BCUT2D eigenvalue weighted by Gasteiger charge is -2.16. The summed E-state index contributed by atoms with van der Waals surface area (Å²) >= 11 is 0. The Balaban J connectivity index is 2.08. The predicted molar refractivity (Wildman–Crippen MR) is 92.8 cm³/mol. The van der Waals surface area contributed by atoms with Crippen LogP contribution >= 0.6 is 0 Å². The van der Waals surface area contributed by atoms with Crippen molar-refractivity contribution >= 4 is 16.0 Å². The fraction of sp³-hybridized carbons (Fsp3) is 0.438. The van der Waals surface area contributed by atoms with Gasteiger partial charge in [0.2, 0.25) is 10.0 Å². The maximum atomic E-state index is 11.8. The Morgan fingerprint density at radius 3 is 2.70 bits per heavy atom. The number of benzene rings is 1. The lowest BCUT2D eigenvalue weighted by molar-refractivity contribution is 0.588. The molecule has 1 aliphatic rings. The van der Waals surface area contributed by atoms with E-state index in [4.69, 9.17) is 0 Å². The van der Waals surface area contributed by atoms with Gasteiger partial charge in [0.25, 0.3) is 0 Å². The van der Waals surface area contributed by atoms with Crippen molar-refractivity contribution in [2.24, 2.45) is 4.99 Å². The number of guanidine groups is 1. The van der Waals surface area contributed by atoms with Crippen molar-refractivity contribution in [2.75, 3.05) is 13.6 Å². The molecule has 23 heavy (non-hydrogen) atoms. The number of aliphatic imine (C=N–C) groups is 1. The number of hydrogen-bond donors (Lipinski definition) is 3. The topological polar surface area (TPSA) is 82.6 Å². The van der Waals surface area contributed by atoms with Crippen molar-refractivity contribution < 1.29 is 8.42 Å². The Morgan fingerprint density at radius 1 is 1.30 bits per heavy atom. The second kappa shape index (κ2) is 8.12. The molecule has 0 heterocycles. The van der Waals surface area contributed by atoms with Crippen LogP contribution in [0.15, 0.2) is 46.3 Å². The van der Waals surface area contributed by atoms with Gasteiger partial charge >= 0.3 is 0 Å². The first-order chi connectivity index (χ1) is 11.0. The third-order valence-electron chi connectivity index (χ3n) is 3.59. The van der Waals surface area contributed by atoms with E-state index in [-0.39, 0.29) is 4.90 Å². The van der Waals surface area contributed by atoms with Crippen molar-refractivity contribution in [1.29, 1.82) is 0 Å². The van der Waals surface area contributed by atoms with Crippen LogP contribution in [-0.2, 0) is 16.6 Å². The number of nitrogens with one attached hydrogen (secondary N) is 3. The van der Waals surface area contributed by atoms with Gasteiger partial charge in [-0.1, -0.05) is 24.3 Å². The highest BCUT2D eigenvalue weighted by molar-refractivity contribution is 7.89. The van der Waals surface area contributed by atoms with E-state index in [1.54, 1.807) is 18.2 Å². The first-order valence-corrected chi connectivity index (χ1v) is 9.26. The van der Waals surface area contributed by atoms with Crippen LogP contribution in [-0.4, -0.2) is 34.0 Å². The molecule has 3 N–H and O–H groups in total. The minimum atomic E-state index is -3.43. The van der Waals surface area contributed by atoms with E-state index in [1.165, 1.54) is 7.05 Å². The maximum absolute atomic E-state index is 11.8. The standard InChI is InChI=1S/C16H24N4O2S/c1-3-18-16(20-14-8-4-5-9-14)19-12-13-7-6-10-15(11-13)23(21,22)17-2/h4-7,10-11,14,17H,3,8-9,12H2,1-2H3,(H2,18,19,20). The molecule has 1 aliphatic carbocycles. The van der Waals surface area contributed by atoms with E-state index in [0.29, 0.717) is 12.6 Å². The van der Waals surface area contributed by atoms with Gasteiger partial charge in [-0.15, -0.1) is 0 Å². The second-order valence-electron chi connectivity index (χ2n) is 5.33. The Kier molecular flexibility index (Phi) is 6.18. The quantitative estimate of drug-likeness (QED) is 0.416. The van der Waals surface area contributed by atoms with Crippen LogP contribution in [0, 0.1) is 0 Å². The van der Waals surface area contributed by atoms with Gasteiger partial charge in [-0.05, 0) is 44.5 Å². The van der Waals surface area contributed by atoms with Gasteiger partial charge in [0, 0.05) is 12.6 Å². The summed E-state index contributed by atoms with van der Waals surface area (Å²) in [6.45, 7) is 3.22. The summed E-state index contributed by atoms with van der Waals surface area (Å²) in [6, 6.07) is 7.21. The summed E-state index contributed by atoms with van der Waals surface area (Å²) in [5.74, 6) is 0.753. The zero-order valence-corrected chi connectivity index (χ0v) is 14.4. The van der Waals surface area contributed by atoms with Gasteiger partial charge in [0.05, 0.1) is 11.4 Å². The van der Waals surface area contributed by atoms with Crippen LogP contribution in [0.2, 0.25) is 0 Å². The summed E-state index contributed by atoms with van der Waals surface area (Å²) < 4.78 is 26.0. The highest BCUT2D eigenvalue weighted by Gasteiger charge is 2.13. The molecule has 0 radical (unpaired) electrons. The van der Waals surface area contributed by atoms with E-state index < -0.39 is 10.0 Å². The molecule has 0 aliphatic heterocycles. The molecule has 0 aromatic heterocycles. The second-order valence-corrected chi connectivity index (χ2v) is 7.22. The first-order valence-electron chi connectivity index (χ1n) is 7.77. The zero-order chi connectivity index (χ0) is 16.7. The zero-order valence-electron chi connectivity index (χ0n) is 13.5. The van der Waals surface area contributed by atoms with E-state index in [2.05, 4.69) is 32.5 Å². The summed E-state index contributed by atoms with van der Waals surface area (Å²) in [5.41, 5.74) is 0.850. The Bertz CT molecular complexity index is 675. The third kappa shape index (κ3) is 5.07. The normalized spacial score (nSPS) is 15.8. The monoisotopic (exact) mass is 336 g/mol. The number of rotatable bonds is 6. The molecule has 1 aromatic carbocycles. The average molecular weight is 336 g/mol. The molecule has 0 saturated heterocycles. The summed E-state index contributed by atoms with van der Waals surface area (Å²) in [7, 11) is -2.02. The highest BCUT2D eigenvalue weighted by atomic mass is 32.2. The van der Waals surface area contributed by atoms with Crippen LogP contribution in [0.1, 0.15) is 25.3 Å². The number of nitrogens with zero attached hydrogens (tertiary/aromatic N) is 1. The van der Waals surface area contributed by atoms with Crippen molar-refractivity contribution in [3.8, 4) is 0 Å². The van der Waals surface area contributed by atoms with Crippen molar-refractivity contribution in [2.45, 2.75) is 37.2 Å². The molecule has 0 spiro atoms. The molecule has 2 rings (SSSR count). The van der Waals surface area contributed by atoms with Crippen molar-refractivity contribution in [3.63, 3.8) is 0 Å². The number of hydrogen-bond acceptors (Lipinski definition) is 3. The molecule has 0 saturated carbocycles. The van der Waals surface area contributed by atoms with Crippen LogP contribution < -0.4 is 15.4 Å². The molecule has 126 valence electrons. The van der Waals surface area contributed by atoms with Gasteiger partial charge < -0.3 is 10.6 Å². The van der Waals surface area contributed by atoms with Gasteiger partial charge in [0.1, 0.15) is 0 Å². The van der Waals surface area contributed by atoms with Gasteiger partial charge in [-0.2, -0.15) is 0 Å². The largest absolute Gasteiger partial charge is 0.357 e. The summed E-state index contributed by atoms with van der Waals surface area (Å²) in [5, 5.41) is 6.61. The highest BCUT2D eigenvalue weighted by Crippen LogP contribution is 2.12.